The van der Waals surface area contributed by atoms with Gasteiger partial charge in [-0.3, -0.25) is 9.59 Å². The molecule has 0 heterocycles. The van der Waals surface area contributed by atoms with Gasteiger partial charge in [0.05, 0.1) is 12.1 Å². The Bertz CT molecular complexity index is 667. The summed E-state index contributed by atoms with van der Waals surface area (Å²) in [6, 6.07) is 9.71. The van der Waals surface area contributed by atoms with E-state index in [2.05, 4.69) is 0 Å². The molecule has 0 spiro atoms. The number of hydrogen-bond acceptors (Lipinski definition) is 4. The van der Waals surface area contributed by atoms with Gasteiger partial charge in [-0.1, -0.05) is 29.8 Å². The smallest absolute Gasteiger partial charge is 0.240 e. The minimum atomic E-state index is -1.99. The number of rotatable bonds is 3. The highest BCUT2D eigenvalue weighted by Crippen LogP contribution is 2.74. The molecule has 2 rings (SSSR count). The van der Waals surface area contributed by atoms with Crippen LogP contribution in [-0.2, 0) is 9.59 Å². The Kier molecular flexibility index (Phi) is 2.93. The number of nitrogens with zero attached hydrogens (tertiary/aromatic N) is 2. The Labute approximate surface area is 119 Å². The highest BCUT2D eigenvalue weighted by atomic mass is 35.5. The van der Waals surface area contributed by atoms with Crippen LogP contribution < -0.4 is 11.5 Å². The molecule has 2 amide bonds. The van der Waals surface area contributed by atoms with Gasteiger partial charge in [-0.2, -0.15) is 10.5 Å². The van der Waals surface area contributed by atoms with Crippen molar-refractivity contribution in [2.24, 2.45) is 22.3 Å². The zero-order chi connectivity index (χ0) is 15.1. The number of primary amides is 2. The number of carbonyl (C=O) groups is 2. The summed E-state index contributed by atoms with van der Waals surface area (Å²) in [5.74, 6) is -3.19. The summed E-state index contributed by atoms with van der Waals surface area (Å²) in [5, 5.41) is 18.9. The van der Waals surface area contributed by atoms with E-state index in [-0.39, 0.29) is 5.02 Å². The average molecular weight is 289 g/mol. The van der Waals surface area contributed by atoms with Gasteiger partial charge in [0.2, 0.25) is 11.8 Å². The third-order valence-electron chi connectivity index (χ3n) is 3.75. The molecule has 2 unspecified atom stereocenters. The molecule has 1 saturated carbocycles. The first-order valence-corrected chi connectivity index (χ1v) is 5.94. The van der Waals surface area contributed by atoms with Crippen LogP contribution in [-0.4, -0.2) is 11.8 Å². The normalized spacial score (nSPS) is 30.9. The zero-order valence-corrected chi connectivity index (χ0v) is 10.9. The van der Waals surface area contributed by atoms with Crippen LogP contribution in [0.2, 0.25) is 5.02 Å². The zero-order valence-electron chi connectivity index (χ0n) is 10.1. The highest BCUT2D eigenvalue weighted by Gasteiger charge is 2.86. The molecule has 100 valence electrons. The van der Waals surface area contributed by atoms with Crippen LogP contribution in [0.15, 0.2) is 24.3 Å². The second-order valence-electron chi connectivity index (χ2n) is 4.52. The van der Waals surface area contributed by atoms with E-state index in [1.165, 1.54) is 12.1 Å². The van der Waals surface area contributed by atoms with E-state index in [9.17, 15) is 20.1 Å². The fourth-order valence-electron chi connectivity index (χ4n) is 2.74. The number of halogens is 1. The molecule has 1 aromatic carbocycles. The van der Waals surface area contributed by atoms with E-state index < -0.39 is 28.6 Å². The van der Waals surface area contributed by atoms with E-state index in [0.717, 1.165) is 0 Å². The highest BCUT2D eigenvalue weighted by molar-refractivity contribution is 6.31. The minimum Gasteiger partial charge on any atom is -0.368 e. The molecule has 0 aromatic heterocycles. The Morgan fingerprint density at radius 2 is 1.55 bits per heavy atom. The second kappa shape index (κ2) is 4.22. The van der Waals surface area contributed by atoms with Gasteiger partial charge >= 0.3 is 0 Å². The first-order chi connectivity index (χ1) is 9.40. The van der Waals surface area contributed by atoms with Gasteiger partial charge in [-0.05, 0) is 11.6 Å². The predicted molar refractivity (Wildman–Crippen MR) is 68.7 cm³/mol. The quantitative estimate of drug-likeness (QED) is 0.833. The van der Waals surface area contributed by atoms with Gasteiger partial charge in [0, 0.05) is 10.9 Å². The number of amides is 2. The molecule has 7 heteroatoms. The van der Waals surface area contributed by atoms with Gasteiger partial charge in [0.15, 0.2) is 10.8 Å². The van der Waals surface area contributed by atoms with E-state index in [0.29, 0.717) is 5.56 Å². The van der Waals surface area contributed by atoms with Crippen LogP contribution in [0.25, 0.3) is 0 Å². The lowest BCUT2D eigenvalue weighted by molar-refractivity contribution is -0.127. The Morgan fingerprint density at radius 1 is 1.10 bits per heavy atom. The summed E-state index contributed by atoms with van der Waals surface area (Å²) in [6.45, 7) is 0. The van der Waals surface area contributed by atoms with E-state index in [4.69, 9.17) is 23.1 Å². The molecular formula is C13H9ClN4O2. The topological polar surface area (TPSA) is 134 Å². The van der Waals surface area contributed by atoms with Crippen LogP contribution in [0.4, 0.5) is 0 Å². The van der Waals surface area contributed by atoms with Crippen molar-refractivity contribution < 1.29 is 9.59 Å². The standard InChI is InChI=1S/C13H9ClN4O2/c14-8-4-2-1-3-7(8)9-12(5-15,10(17)19)13(9,6-16)11(18)20/h1-4,9H,(H2,17,19)(H2,18,20). The second-order valence-corrected chi connectivity index (χ2v) is 4.93. The molecule has 1 aliphatic carbocycles. The molecule has 0 bridgehead atoms. The lowest BCUT2D eigenvalue weighted by Crippen LogP contribution is -2.36. The third-order valence-corrected chi connectivity index (χ3v) is 4.10. The van der Waals surface area contributed by atoms with Gasteiger partial charge in [0.25, 0.3) is 0 Å². The fourth-order valence-corrected chi connectivity index (χ4v) is 2.98. The Hall–Kier alpha value is -2.57. The Morgan fingerprint density at radius 3 is 1.90 bits per heavy atom. The predicted octanol–water partition coefficient (Wildman–Crippen LogP) is 0.428. The van der Waals surface area contributed by atoms with Crippen LogP contribution in [0.3, 0.4) is 0 Å². The van der Waals surface area contributed by atoms with E-state index in [1.807, 2.05) is 0 Å². The largest absolute Gasteiger partial charge is 0.368 e. The summed E-state index contributed by atoms with van der Waals surface area (Å²) >= 11 is 6.01. The lowest BCUT2D eigenvalue weighted by Gasteiger charge is -2.05. The first kappa shape index (κ1) is 13.9. The van der Waals surface area contributed by atoms with Crippen molar-refractivity contribution >= 4 is 23.4 Å². The van der Waals surface area contributed by atoms with Crippen LogP contribution >= 0.6 is 11.6 Å². The van der Waals surface area contributed by atoms with Crippen LogP contribution in [0.1, 0.15) is 11.5 Å². The molecule has 1 aromatic rings. The van der Waals surface area contributed by atoms with Gasteiger partial charge in [-0.15, -0.1) is 0 Å². The van der Waals surface area contributed by atoms with Gasteiger partial charge < -0.3 is 11.5 Å². The molecular weight excluding hydrogens is 280 g/mol. The molecule has 0 radical (unpaired) electrons. The third kappa shape index (κ3) is 1.31. The maximum Gasteiger partial charge on any atom is 0.240 e. The van der Waals surface area contributed by atoms with Crippen molar-refractivity contribution in [1.29, 1.82) is 10.5 Å². The summed E-state index contributed by atoms with van der Waals surface area (Å²) < 4.78 is 0. The maximum atomic E-state index is 11.7. The Balaban J connectivity index is 2.74. The molecule has 0 aliphatic heterocycles. The van der Waals surface area contributed by atoms with Gasteiger partial charge in [-0.25, -0.2) is 0 Å². The number of nitriles is 2. The van der Waals surface area contributed by atoms with Crippen LogP contribution in [0, 0.1) is 33.5 Å². The summed E-state index contributed by atoms with van der Waals surface area (Å²) in [7, 11) is 0. The fraction of sp³-hybridized carbons (Fsp3) is 0.231. The molecule has 0 saturated heterocycles. The summed E-state index contributed by atoms with van der Waals surface area (Å²) in [4.78, 5) is 23.4. The van der Waals surface area contributed by atoms with Gasteiger partial charge in [0.1, 0.15) is 0 Å². The number of benzene rings is 1. The maximum absolute atomic E-state index is 11.7. The molecule has 1 fully saturated rings. The molecule has 2 atom stereocenters. The monoisotopic (exact) mass is 288 g/mol. The summed E-state index contributed by atoms with van der Waals surface area (Å²) in [5.41, 5.74) is 6.85. The van der Waals surface area contributed by atoms with Crippen molar-refractivity contribution in [2.45, 2.75) is 5.92 Å². The van der Waals surface area contributed by atoms with E-state index in [1.54, 1.807) is 24.3 Å². The number of hydrogen-bond donors (Lipinski definition) is 2. The van der Waals surface area contributed by atoms with Crippen molar-refractivity contribution in [3.63, 3.8) is 0 Å². The molecule has 20 heavy (non-hydrogen) atoms. The summed E-state index contributed by atoms with van der Waals surface area (Å²) in [6.07, 6.45) is 0. The van der Waals surface area contributed by atoms with Crippen molar-refractivity contribution in [2.75, 3.05) is 0 Å². The van der Waals surface area contributed by atoms with Crippen LogP contribution in [0.5, 0.6) is 0 Å². The molecule has 1 aliphatic rings. The minimum absolute atomic E-state index is 0.233. The average Bonchev–Trinajstić information content (AvgIpc) is 3.04. The van der Waals surface area contributed by atoms with Crippen molar-refractivity contribution in [3.8, 4) is 12.1 Å². The number of carbonyl (C=O) groups excluding carboxylic acids is 2. The number of nitrogens with two attached hydrogens (primary N) is 2. The molecule has 4 N–H and O–H groups in total. The SMILES string of the molecule is N#CC1(C(N)=O)C(c2ccccc2Cl)C1(C#N)C(N)=O. The molecule has 6 nitrogen and oxygen atoms in total. The lowest BCUT2D eigenvalue weighted by atomic mass is 9.94. The van der Waals surface area contributed by atoms with Crippen molar-refractivity contribution in [1.82, 2.24) is 0 Å². The first-order valence-electron chi connectivity index (χ1n) is 5.57. The van der Waals surface area contributed by atoms with Crippen molar-refractivity contribution in [3.05, 3.63) is 34.9 Å². The van der Waals surface area contributed by atoms with E-state index >= 15 is 0 Å².